The minimum absolute atomic E-state index is 0.0590. The van der Waals surface area contributed by atoms with E-state index in [2.05, 4.69) is 5.32 Å². The quantitative estimate of drug-likeness (QED) is 0.548. The summed E-state index contributed by atoms with van der Waals surface area (Å²) in [6, 6.07) is 0.211. The molecule has 0 spiro atoms. The lowest BCUT2D eigenvalue weighted by atomic mass is 10.0. The van der Waals surface area contributed by atoms with Gasteiger partial charge in [-0.15, -0.1) is 0 Å². The Morgan fingerprint density at radius 3 is 2.10 bits per heavy atom. The zero-order valence-corrected chi connectivity index (χ0v) is 5.74. The van der Waals surface area contributed by atoms with Crippen molar-refractivity contribution in [2.24, 2.45) is 0 Å². The fraction of sp³-hybridized carbons (Fsp3) is 1.00. The van der Waals surface area contributed by atoms with Crippen molar-refractivity contribution >= 4 is 0 Å². The summed E-state index contributed by atoms with van der Waals surface area (Å²) in [6.45, 7) is 0. The lowest BCUT2D eigenvalue weighted by molar-refractivity contribution is -0.0433. The van der Waals surface area contributed by atoms with Gasteiger partial charge in [-0.2, -0.15) is 0 Å². The van der Waals surface area contributed by atoms with Gasteiger partial charge in [-0.1, -0.05) is 0 Å². The van der Waals surface area contributed by atoms with Crippen molar-refractivity contribution in [3.8, 4) is 0 Å². The molecule has 10 heavy (non-hydrogen) atoms. The molecule has 0 aliphatic carbocycles. The van der Waals surface area contributed by atoms with Gasteiger partial charge in [0.15, 0.2) is 0 Å². The molecule has 0 unspecified atom stereocenters. The summed E-state index contributed by atoms with van der Waals surface area (Å²) in [5.41, 5.74) is 0. The van der Waals surface area contributed by atoms with E-state index in [9.17, 15) is 8.78 Å². The zero-order chi connectivity index (χ0) is 7.19. The highest BCUT2D eigenvalue weighted by molar-refractivity contribution is 4.95. The maximum atomic E-state index is 12.7. The van der Waals surface area contributed by atoms with Crippen LogP contribution in [0.2, 0.25) is 0 Å². The van der Waals surface area contributed by atoms with Crippen LogP contribution < -0.4 is 5.32 Å². The minimum Gasteiger partial charge on any atom is -0.311 e. The smallest absolute Gasteiger partial charge is 0.251 e. The van der Waals surface area contributed by atoms with Crippen molar-refractivity contribution in [1.82, 2.24) is 5.32 Å². The Morgan fingerprint density at radius 2 is 1.60 bits per heavy atom. The van der Waals surface area contributed by atoms with Crippen molar-refractivity contribution in [3.63, 3.8) is 0 Å². The fourth-order valence-electron chi connectivity index (χ4n) is 2.03. The van der Waals surface area contributed by atoms with Gasteiger partial charge in [0.05, 0.1) is 0 Å². The molecule has 58 valence electrons. The molecule has 1 nitrogen and oxygen atoms in total. The number of fused-ring (bicyclic) bond motifs is 2. The summed E-state index contributed by atoms with van der Waals surface area (Å²) in [7, 11) is 0. The number of halogens is 2. The van der Waals surface area contributed by atoms with E-state index in [0.717, 1.165) is 12.8 Å². The second kappa shape index (κ2) is 1.91. The number of nitrogens with one attached hydrogen (secondary N) is 1. The van der Waals surface area contributed by atoms with Crippen LogP contribution in [-0.4, -0.2) is 18.0 Å². The Bertz CT molecular complexity index is 133. The predicted octanol–water partition coefficient (Wildman–Crippen LogP) is 1.54. The van der Waals surface area contributed by atoms with E-state index in [-0.39, 0.29) is 24.9 Å². The van der Waals surface area contributed by atoms with Crippen molar-refractivity contribution < 1.29 is 8.78 Å². The van der Waals surface area contributed by atoms with Gasteiger partial charge in [-0.05, 0) is 12.8 Å². The van der Waals surface area contributed by atoms with Crippen LogP contribution in [0.25, 0.3) is 0 Å². The topological polar surface area (TPSA) is 12.0 Å². The molecule has 2 atom stereocenters. The van der Waals surface area contributed by atoms with Gasteiger partial charge in [-0.25, -0.2) is 8.78 Å². The maximum absolute atomic E-state index is 12.7. The average Bonchev–Trinajstić information content (AvgIpc) is 2.08. The highest BCUT2D eigenvalue weighted by Gasteiger charge is 2.44. The SMILES string of the molecule is FC1(F)C[C@H]2CC[C@H](C1)N2. The molecule has 0 aromatic rings. The van der Waals surface area contributed by atoms with Crippen LogP contribution in [-0.2, 0) is 0 Å². The molecule has 0 aromatic heterocycles. The maximum Gasteiger partial charge on any atom is 0.251 e. The van der Waals surface area contributed by atoms with Gasteiger partial charge in [0.2, 0.25) is 0 Å². The molecule has 2 heterocycles. The standard InChI is InChI=1S/C7H11F2N/c8-7(9)3-5-1-2-6(4-7)10-5/h5-6,10H,1-4H2/t5-,6-/m1/s1. The molecule has 0 amide bonds. The number of hydrogen-bond acceptors (Lipinski definition) is 1. The van der Waals surface area contributed by atoms with Crippen LogP contribution in [0.15, 0.2) is 0 Å². The van der Waals surface area contributed by atoms with Gasteiger partial charge in [-0.3, -0.25) is 0 Å². The molecule has 0 saturated carbocycles. The van der Waals surface area contributed by atoms with Crippen LogP contribution in [0.1, 0.15) is 25.7 Å². The first-order valence-electron chi connectivity index (χ1n) is 3.80. The minimum atomic E-state index is -2.38. The molecule has 2 saturated heterocycles. The third-order valence-electron chi connectivity index (χ3n) is 2.43. The molecule has 2 bridgehead atoms. The second-order valence-electron chi connectivity index (χ2n) is 3.40. The molecule has 0 radical (unpaired) electrons. The van der Waals surface area contributed by atoms with E-state index in [0.29, 0.717) is 0 Å². The van der Waals surface area contributed by atoms with Gasteiger partial charge < -0.3 is 5.32 Å². The Hall–Kier alpha value is -0.180. The fourth-order valence-corrected chi connectivity index (χ4v) is 2.03. The first-order valence-corrected chi connectivity index (χ1v) is 3.80. The van der Waals surface area contributed by atoms with E-state index in [1.54, 1.807) is 0 Å². The van der Waals surface area contributed by atoms with Crippen molar-refractivity contribution in [1.29, 1.82) is 0 Å². The Balaban J connectivity index is 2.09. The van der Waals surface area contributed by atoms with Gasteiger partial charge >= 0.3 is 0 Å². The molecule has 0 aromatic carbocycles. The number of hydrogen-bond donors (Lipinski definition) is 1. The molecule has 2 aliphatic heterocycles. The number of alkyl halides is 2. The van der Waals surface area contributed by atoms with Crippen molar-refractivity contribution in [3.05, 3.63) is 0 Å². The highest BCUT2D eigenvalue weighted by atomic mass is 19.3. The monoisotopic (exact) mass is 147 g/mol. The van der Waals surface area contributed by atoms with Crippen LogP contribution in [0.3, 0.4) is 0 Å². The number of rotatable bonds is 0. The van der Waals surface area contributed by atoms with E-state index in [1.807, 2.05) is 0 Å². The Labute approximate surface area is 58.8 Å². The molecule has 2 aliphatic rings. The largest absolute Gasteiger partial charge is 0.311 e. The zero-order valence-electron chi connectivity index (χ0n) is 5.74. The van der Waals surface area contributed by atoms with Crippen LogP contribution in [0, 0.1) is 0 Å². The highest BCUT2D eigenvalue weighted by Crippen LogP contribution is 2.37. The molecule has 3 heteroatoms. The molecular weight excluding hydrogens is 136 g/mol. The number of piperidine rings is 1. The Kier molecular flexibility index (Phi) is 1.24. The predicted molar refractivity (Wildman–Crippen MR) is 34.1 cm³/mol. The van der Waals surface area contributed by atoms with E-state index < -0.39 is 5.92 Å². The average molecular weight is 147 g/mol. The Morgan fingerprint density at radius 1 is 1.10 bits per heavy atom. The van der Waals surface area contributed by atoms with Crippen molar-refractivity contribution in [2.45, 2.75) is 43.7 Å². The second-order valence-corrected chi connectivity index (χ2v) is 3.40. The van der Waals surface area contributed by atoms with Crippen LogP contribution >= 0.6 is 0 Å². The van der Waals surface area contributed by atoms with E-state index in [1.165, 1.54) is 0 Å². The van der Waals surface area contributed by atoms with Crippen LogP contribution in [0.5, 0.6) is 0 Å². The summed E-state index contributed by atoms with van der Waals surface area (Å²) < 4.78 is 25.4. The van der Waals surface area contributed by atoms with Crippen LogP contribution in [0.4, 0.5) is 8.78 Å². The third-order valence-corrected chi connectivity index (χ3v) is 2.43. The summed E-state index contributed by atoms with van der Waals surface area (Å²) >= 11 is 0. The van der Waals surface area contributed by atoms with E-state index >= 15 is 0 Å². The van der Waals surface area contributed by atoms with E-state index in [4.69, 9.17) is 0 Å². The normalized spacial score (nSPS) is 43.8. The molecule has 1 N–H and O–H groups in total. The lowest BCUT2D eigenvalue weighted by Gasteiger charge is -2.28. The molecule has 2 fully saturated rings. The molecule has 2 rings (SSSR count). The van der Waals surface area contributed by atoms with Crippen molar-refractivity contribution in [2.75, 3.05) is 0 Å². The van der Waals surface area contributed by atoms with Gasteiger partial charge in [0.25, 0.3) is 5.92 Å². The first kappa shape index (κ1) is 6.53. The van der Waals surface area contributed by atoms with Gasteiger partial charge in [0, 0.05) is 24.9 Å². The first-order chi connectivity index (χ1) is 4.66. The summed E-state index contributed by atoms with van der Waals surface area (Å²) in [5, 5.41) is 3.17. The van der Waals surface area contributed by atoms with Gasteiger partial charge in [0.1, 0.15) is 0 Å². The third kappa shape index (κ3) is 1.03. The lowest BCUT2D eigenvalue weighted by Crippen LogP contribution is -2.43. The summed E-state index contributed by atoms with van der Waals surface area (Å²) in [4.78, 5) is 0. The summed E-state index contributed by atoms with van der Waals surface area (Å²) in [5.74, 6) is -2.38. The molecular formula is C7H11F2N. The summed E-state index contributed by atoms with van der Waals surface area (Å²) in [6.07, 6.45) is 2.01.